The number of anilines is 1. The van der Waals surface area contributed by atoms with Crippen LogP contribution in [0.15, 0.2) is 66.2 Å². The summed E-state index contributed by atoms with van der Waals surface area (Å²) in [5.74, 6) is 1.31. The number of hydrazine groups is 1. The van der Waals surface area contributed by atoms with Gasteiger partial charge in [0.15, 0.2) is 11.6 Å². The van der Waals surface area contributed by atoms with E-state index in [1.54, 1.807) is 13.0 Å². The van der Waals surface area contributed by atoms with Gasteiger partial charge in [-0.1, -0.05) is 81.0 Å². The van der Waals surface area contributed by atoms with Crippen LogP contribution in [-0.4, -0.2) is 41.4 Å². The molecular formula is C38H55N5O2. The summed E-state index contributed by atoms with van der Waals surface area (Å²) in [6.45, 7) is 7.47. The summed E-state index contributed by atoms with van der Waals surface area (Å²) in [7, 11) is 0. The van der Waals surface area contributed by atoms with Crippen LogP contribution in [0.5, 0.6) is 0 Å². The van der Waals surface area contributed by atoms with Gasteiger partial charge in [-0.3, -0.25) is 9.59 Å². The summed E-state index contributed by atoms with van der Waals surface area (Å²) < 4.78 is 0. The normalized spacial score (nSPS) is 27.6. The summed E-state index contributed by atoms with van der Waals surface area (Å²) in [5, 5.41) is 9.65. The van der Waals surface area contributed by atoms with Gasteiger partial charge in [0.2, 0.25) is 0 Å². The van der Waals surface area contributed by atoms with E-state index in [2.05, 4.69) is 45.3 Å². The molecule has 2 aliphatic heterocycles. The summed E-state index contributed by atoms with van der Waals surface area (Å²) in [5.41, 5.74) is 13.4. The van der Waals surface area contributed by atoms with Gasteiger partial charge >= 0.3 is 0 Å². The Morgan fingerprint density at radius 1 is 0.978 bits per heavy atom. The van der Waals surface area contributed by atoms with Crippen molar-refractivity contribution in [1.82, 2.24) is 15.8 Å². The molecule has 6 atom stereocenters. The van der Waals surface area contributed by atoms with Gasteiger partial charge in [0.1, 0.15) is 6.17 Å². The van der Waals surface area contributed by atoms with Gasteiger partial charge in [-0.05, 0) is 93.3 Å². The Morgan fingerprint density at radius 3 is 2.33 bits per heavy atom. The Morgan fingerprint density at radius 2 is 1.69 bits per heavy atom. The number of para-hydroxylation sites is 1. The Balaban J connectivity index is 1.24. The fourth-order valence-corrected chi connectivity index (χ4v) is 7.65. The molecular weight excluding hydrogens is 558 g/mol. The van der Waals surface area contributed by atoms with Crippen LogP contribution >= 0.6 is 0 Å². The van der Waals surface area contributed by atoms with Gasteiger partial charge in [0.25, 0.3) is 0 Å². The minimum absolute atomic E-state index is 0.0174. The first kappa shape index (κ1) is 33.5. The Labute approximate surface area is 270 Å². The van der Waals surface area contributed by atoms with Crippen LogP contribution in [0, 0.1) is 17.8 Å². The highest BCUT2D eigenvalue weighted by Crippen LogP contribution is 2.36. The third kappa shape index (κ3) is 9.13. The predicted molar refractivity (Wildman–Crippen MR) is 183 cm³/mol. The molecule has 0 aromatic heterocycles. The molecule has 0 radical (unpaired) electrons. The lowest BCUT2D eigenvalue weighted by molar-refractivity contribution is -0.120. The maximum Gasteiger partial charge on any atom is 0.164 e. The largest absolute Gasteiger partial charge is 0.368 e. The number of rotatable bonds is 12. The van der Waals surface area contributed by atoms with Crippen molar-refractivity contribution in [3.63, 3.8) is 0 Å². The highest BCUT2D eigenvalue weighted by atomic mass is 16.1. The van der Waals surface area contributed by atoms with Crippen molar-refractivity contribution < 1.29 is 9.59 Å². The first-order valence-electron chi connectivity index (χ1n) is 17.5. The quantitative estimate of drug-likeness (QED) is 0.157. The van der Waals surface area contributed by atoms with Crippen molar-refractivity contribution in [2.75, 3.05) is 11.9 Å². The highest BCUT2D eigenvalue weighted by molar-refractivity contribution is 6.03. The van der Waals surface area contributed by atoms with Crippen molar-refractivity contribution >= 4 is 17.3 Å². The molecule has 2 aromatic carbocycles. The van der Waals surface area contributed by atoms with Gasteiger partial charge in [-0.2, -0.15) is 0 Å². The molecule has 3 aliphatic rings. The van der Waals surface area contributed by atoms with Gasteiger partial charge in [0.05, 0.1) is 5.92 Å². The van der Waals surface area contributed by atoms with Crippen molar-refractivity contribution in [1.29, 1.82) is 0 Å². The maximum atomic E-state index is 13.7. The van der Waals surface area contributed by atoms with Crippen LogP contribution < -0.4 is 21.8 Å². The summed E-state index contributed by atoms with van der Waals surface area (Å²) in [6.07, 6.45) is 13.3. The zero-order chi connectivity index (χ0) is 31.8. The van der Waals surface area contributed by atoms with E-state index in [0.717, 1.165) is 24.1 Å². The molecule has 2 heterocycles. The molecule has 2 saturated heterocycles. The molecule has 2 aromatic rings. The number of benzene rings is 2. The van der Waals surface area contributed by atoms with Crippen LogP contribution in [-0.2, 0) is 16.1 Å². The lowest BCUT2D eigenvalue weighted by Crippen LogP contribution is -2.44. The van der Waals surface area contributed by atoms with Gasteiger partial charge in [0, 0.05) is 36.8 Å². The standard InChI is InChI=1S/C38H55N5O2/c1-26(35(44)22-15-27(2)39)23-36(45)37-28(3)42-43(38(37)41-33-13-9-6-10-14-33)25-29-16-18-31(19-17-29)34-21-20-32(24-40-34)30-11-7-4-5-8-12-30/h6,9-10,13-14,16-19,23,27-28,30,32,34,37-38,40-42H,4-5,7-8,11-12,15,20-22,24-25,39H2,1-3H3. The number of Topliss-reactive ketones (excluding diaryl/α,β-unsaturated/α-hetero) is 1. The van der Waals surface area contributed by atoms with Crippen LogP contribution in [0.3, 0.4) is 0 Å². The van der Waals surface area contributed by atoms with E-state index in [9.17, 15) is 9.59 Å². The number of nitrogens with one attached hydrogen (secondary N) is 3. The maximum absolute atomic E-state index is 13.7. The minimum atomic E-state index is -0.367. The van der Waals surface area contributed by atoms with Crippen LogP contribution in [0.4, 0.5) is 5.69 Å². The fourth-order valence-electron chi connectivity index (χ4n) is 7.65. The molecule has 3 fully saturated rings. The SMILES string of the molecule is CC(=CC(=O)C1C(C)NN(Cc2ccc(C3CCC(C4CCCCCC4)CN3)cc2)C1Nc1ccccc1)C(=O)CCC(C)N. The van der Waals surface area contributed by atoms with Crippen LogP contribution in [0.2, 0.25) is 0 Å². The molecule has 45 heavy (non-hydrogen) atoms. The van der Waals surface area contributed by atoms with Gasteiger partial charge in [-0.25, -0.2) is 10.4 Å². The van der Waals surface area contributed by atoms with E-state index in [0.29, 0.717) is 31.0 Å². The molecule has 244 valence electrons. The zero-order valence-corrected chi connectivity index (χ0v) is 27.6. The molecule has 6 unspecified atom stereocenters. The Kier molecular flexibility index (Phi) is 12.0. The number of hydrogen-bond acceptors (Lipinski definition) is 7. The molecule has 7 nitrogen and oxygen atoms in total. The second-order valence-corrected chi connectivity index (χ2v) is 14.0. The average molecular weight is 614 g/mol. The Hall–Kier alpha value is -2.84. The zero-order valence-electron chi connectivity index (χ0n) is 27.6. The van der Waals surface area contributed by atoms with E-state index >= 15 is 0 Å². The first-order valence-corrected chi connectivity index (χ1v) is 17.5. The van der Waals surface area contributed by atoms with Gasteiger partial charge < -0.3 is 16.4 Å². The molecule has 1 aliphatic carbocycles. The molecule has 0 amide bonds. The number of nitrogens with zero attached hydrogens (tertiary/aromatic N) is 1. The Bertz CT molecular complexity index is 1260. The van der Waals surface area contributed by atoms with Crippen molar-refractivity contribution in [3.05, 3.63) is 77.4 Å². The molecule has 1 saturated carbocycles. The number of allylic oxidation sites excluding steroid dienone is 2. The number of carbonyl (C=O) groups excluding carboxylic acids is 2. The molecule has 5 rings (SSSR count). The third-order valence-corrected chi connectivity index (χ3v) is 10.4. The van der Waals surface area contributed by atoms with E-state index in [4.69, 9.17) is 5.73 Å². The average Bonchev–Trinajstić information content (AvgIpc) is 3.18. The highest BCUT2D eigenvalue weighted by Gasteiger charge is 2.43. The van der Waals surface area contributed by atoms with Crippen LogP contribution in [0.1, 0.15) is 102 Å². The third-order valence-electron chi connectivity index (χ3n) is 10.4. The molecule has 5 N–H and O–H groups in total. The van der Waals surface area contributed by atoms with E-state index in [-0.39, 0.29) is 35.7 Å². The van der Waals surface area contributed by atoms with Crippen molar-refractivity contribution in [3.8, 4) is 0 Å². The topological polar surface area (TPSA) is 99.5 Å². The lowest BCUT2D eigenvalue weighted by atomic mass is 9.79. The number of ketones is 2. The van der Waals surface area contributed by atoms with E-state index in [1.165, 1.54) is 62.5 Å². The number of carbonyl (C=O) groups is 2. The monoisotopic (exact) mass is 613 g/mol. The fraction of sp³-hybridized carbons (Fsp3) is 0.579. The molecule has 0 spiro atoms. The van der Waals surface area contributed by atoms with E-state index < -0.39 is 0 Å². The molecule has 7 heteroatoms. The smallest absolute Gasteiger partial charge is 0.164 e. The second-order valence-electron chi connectivity index (χ2n) is 14.0. The van der Waals surface area contributed by atoms with Gasteiger partial charge in [-0.15, -0.1) is 0 Å². The summed E-state index contributed by atoms with van der Waals surface area (Å²) in [6, 6.07) is 19.3. The van der Waals surface area contributed by atoms with Crippen LogP contribution in [0.25, 0.3) is 0 Å². The predicted octanol–water partition coefficient (Wildman–Crippen LogP) is 6.67. The summed E-state index contributed by atoms with van der Waals surface area (Å²) >= 11 is 0. The number of nitrogens with two attached hydrogens (primary N) is 1. The van der Waals surface area contributed by atoms with Crippen molar-refractivity contribution in [2.24, 2.45) is 23.5 Å². The number of hydrogen-bond donors (Lipinski definition) is 4. The van der Waals surface area contributed by atoms with E-state index in [1.807, 2.05) is 44.2 Å². The number of piperidine rings is 1. The summed E-state index contributed by atoms with van der Waals surface area (Å²) in [4.78, 5) is 26.4. The van der Waals surface area contributed by atoms with Crippen molar-refractivity contribution in [2.45, 2.75) is 116 Å². The second kappa shape index (κ2) is 16.1. The first-order chi connectivity index (χ1) is 21.8. The lowest BCUT2D eigenvalue weighted by Gasteiger charge is -2.35. The molecule has 0 bridgehead atoms. The minimum Gasteiger partial charge on any atom is -0.368 e.